The van der Waals surface area contributed by atoms with Gasteiger partial charge >= 0.3 is 6.36 Å². The van der Waals surface area contributed by atoms with E-state index in [0.717, 1.165) is 22.4 Å². The van der Waals surface area contributed by atoms with Crippen molar-refractivity contribution in [1.29, 1.82) is 0 Å². The number of para-hydroxylation sites is 1. The average Bonchev–Trinajstić information content (AvgIpc) is 3.10. The smallest absolute Gasteiger partial charge is 0.405 e. The first-order valence-electron chi connectivity index (χ1n) is 9.93. The molecule has 1 N–H and O–H groups in total. The maximum absolute atomic E-state index is 12.8. The zero-order valence-electron chi connectivity index (χ0n) is 16.6. The van der Waals surface area contributed by atoms with Gasteiger partial charge < -0.3 is 9.72 Å². The normalized spacial score (nSPS) is 15.5. The Balaban J connectivity index is 0.00000256. The third-order valence-electron chi connectivity index (χ3n) is 5.40. The number of hydrogen-bond donors (Lipinski definition) is 1. The molecule has 160 valence electrons. The lowest BCUT2D eigenvalue weighted by Gasteiger charge is -2.17. The summed E-state index contributed by atoms with van der Waals surface area (Å²) in [6.45, 7) is 1.91. The molecule has 1 aromatic heterocycles. The largest absolute Gasteiger partial charge is 0.573 e. The Kier molecular flexibility index (Phi) is 6.76. The summed E-state index contributed by atoms with van der Waals surface area (Å²) in [5, 5.41) is 0. The van der Waals surface area contributed by atoms with Gasteiger partial charge in [0, 0.05) is 5.56 Å². The number of H-pyrrole nitrogens is 1. The summed E-state index contributed by atoms with van der Waals surface area (Å²) in [4.78, 5) is 7.95. The van der Waals surface area contributed by atoms with Crippen molar-refractivity contribution in [2.24, 2.45) is 5.92 Å². The van der Waals surface area contributed by atoms with Gasteiger partial charge in [0.15, 0.2) is 0 Å². The summed E-state index contributed by atoms with van der Waals surface area (Å²) < 4.78 is 42.5. The maximum atomic E-state index is 12.8. The van der Waals surface area contributed by atoms with Crippen molar-refractivity contribution in [2.45, 2.75) is 45.4 Å². The number of fused-ring (bicyclic) bond motifs is 1. The van der Waals surface area contributed by atoms with Crippen LogP contribution in [0.25, 0.3) is 28.2 Å². The summed E-state index contributed by atoms with van der Waals surface area (Å²) in [7, 11) is 0. The molecule has 0 bridgehead atoms. The number of ether oxygens (including phenoxy) is 1. The minimum atomic E-state index is -4.74. The van der Waals surface area contributed by atoms with Gasteiger partial charge in [0.2, 0.25) is 0 Å². The molecule has 0 saturated heterocycles. The molecule has 0 atom stereocenters. The standard InChI is InChI=1S/C23H23F3N2O.ClH/c1-15-13-17(18-9-5-6-10-20(18)29-23(24,25)26)14-19-22(15)28-21(27-19)12-11-16-7-3-2-4-8-16;/h5-6,9-14,16H,2-4,7-8H2,1H3,(H,27,28);1H. The van der Waals surface area contributed by atoms with Crippen molar-refractivity contribution in [2.75, 3.05) is 0 Å². The van der Waals surface area contributed by atoms with E-state index in [1.807, 2.05) is 25.1 Å². The van der Waals surface area contributed by atoms with Crippen LogP contribution in [0, 0.1) is 12.8 Å². The van der Waals surface area contributed by atoms with E-state index in [1.54, 1.807) is 12.1 Å². The number of imidazole rings is 1. The highest BCUT2D eigenvalue weighted by Crippen LogP contribution is 2.36. The molecule has 0 unspecified atom stereocenters. The first-order valence-corrected chi connectivity index (χ1v) is 9.93. The molecule has 0 aliphatic heterocycles. The Bertz CT molecular complexity index is 1040. The van der Waals surface area contributed by atoms with E-state index in [4.69, 9.17) is 0 Å². The second kappa shape index (κ2) is 9.13. The summed E-state index contributed by atoms with van der Waals surface area (Å²) >= 11 is 0. The van der Waals surface area contributed by atoms with Crippen molar-refractivity contribution >= 4 is 29.5 Å². The molecule has 0 radical (unpaired) electrons. The highest BCUT2D eigenvalue weighted by atomic mass is 35.5. The van der Waals surface area contributed by atoms with Gasteiger partial charge in [-0.05, 0) is 61.1 Å². The summed E-state index contributed by atoms with van der Waals surface area (Å²) in [6.07, 6.45) is 5.81. The quantitative estimate of drug-likeness (QED) is 0.461. The van der Waals surface area contributed by atoms with Crippen molar-refractivity contribution in [1.82, 2.24) is 9.97 Å². The fourth-order valence-corrected chi connectivity index (χ4v) is 4.02. The first-order chi connectivity index (χ1) is 13.9. The Morgan fingerprint density at radius 3 is 2.57 bits per heavy atom. The van der Waals surface area contributed by atoms with Gasteiger partial charge in [-0.3, -0.25) is 0 Å². The van der Waals surface area contributed by atoms with Gasteiger partial charge in [0.05, 0.1) is 11.0 Å². The molecule has 3 nitrogen and oxygen atoms in total. The highest BCUT2D eigenvalue weighted by molar-refractivity contribution is 5.87. The lowest BCUT2D eigenvalue weighted by atomic mass is 9.89. The second-order valence-corrected chi connectivity index (χ2v) is 7.61. The molecule has 1 aliphatic carbocycles. The van der Waals surface area contributed by atoms with E-state index >= 15 is 0 Å². The summed E-state index contributed by atoms with van der Waals surface area (Å²) in [6, 6.07) is 9.85. The number of hydrogen-bond acceptors (Lipinski definition) is 2. The van der Waals surface area contributed by atoms with Crippen LogP contribution in [0.4, 0.5) is 13.2 Å². The van der Waals surface area contributed by atoms with E-state index in [9.17, 15) is 13.2 Å². The number of nitrogens with zero attached hydrogens (tertiary/aromatic N) is 1. The number of aromatic amines is 1. The average molecular weight is 437 g/mol. The molecule has 2 aromatic carbocycles. The van der Waals surface area contributed by atoms with Crippen molar-refractivity contribution in [3.05, 3.63) is 53.9 Å². The molecule has 30 heavy (non-hydrogen) atoms. The van der Waals surface area contributed by atoms with E-state index in [2.05, 4.69) is 20.8 Å². The van der Waals surface area contributed by atoms with Gasteiger partial charge in [-0.25, -0.2) is 4.98 Å². The minimum absolute atomic E-state index is 0. The Labute approximate surface area is 179 Å². The Morgan fingerprint density at radius 1 is 1.10 bits per heavy atom. The van der Waals surface area contributed by atoms with Crippen LogP contribution >= 0.6 is 12.4 Å². The van der Waals surface area contributed by atoms with Gasteiger partial charge in [-0.15, -0.1) is 25.6 Å². The van der Waals surface area contributed by atoms with Crippen molar-refractivity contribution in [3.8, 4) is 16.9 Å². The molecule has 0 spiro atoms. The van der Waals surface area contributed by atoms with E-state index in [-0.39, 0.29) is 18.2 Å². The molecular weight excluding hydrogens is 413 g/mol. The van der Waals surface area contributed by atoms with E-state index < -0.39 is 6.36 Å². The number of benzene rings is 2. The van der Waals surface area contributed by atoms with Crippen molar-refractivity contribution in [3.63, 3.8) is 0 Å². The molecule has 0 amide bonds. The molecule has 3 aromatic rings. The summed E-state index contributed by atoms with van der Waals surface area (Å²) in [5.74, 6) is 1.15. The molecule has 1 aliphatic rings. The SMILES string of the molecule is Cc1cc(-c2ccccc2OC(F)(F)F)cc2[nH]c(C=CC3CCCCC3)nc12.Cl. The number of halogens is 4. The van der Waals surface area contributed by atoms with Crippen LogP contribution in [-0.4, -0.2) is 16.3 Å². The van der Waals surface area contributed by atoms with Crippen LogP contribution < -0.4 is 4.74 Å². The number of alkyl halides is 3. The van der Waals surface area contributed by atoms with Crippen molar-refractivity contribution < 1.29 is 17.9 Å². The monoisotopic (exact) mass is 436 g/mol. The molecule has 1 saturated carbocycles. The van der Waals surface area contributed by atoms with Crippen LogP contribution in [0.3, 0.4) is 0 Å². The molecule has 7 heteroatoms. The van der Waals surface area contributed by atoms with Gasteiger partial charge in [0.1, 0.15) is 11.6 Å². The number of rotatable bonds is 4. The summed E-state index contributed by atoms with van der Waals surface area (Å²) in [5.41, 5.74) is 3.56. The fourth-order valence-electron chi connectivity index (χ4n) is 4.02. The lowest BCUT2D eigenvalue weighted by molar-refractivity contribution is -0.274. The number of allylic oxidation sites excluding steroid dienone is 1. The van der Waals surface area contributed by atoms with E-state index in [1.165, 1.54) is 44.2 Å². The second-order valence-electron chi connectivity index (χ2n) is 7.61. The molecule has 4 rings (SSSR count). The topological polar surface area (TPSA) is 37.9 Å². The van der Waals surface area contributed by atoms with Crippen LogP contribution in [0.5, 0.6) is 5.75 Å². The van der Waals surface area contributed by atoms with Crippen LogP contribution in [0.15, 0.2) is 42.5 Å². The maximum Gasteiger partial charge on any atom is 0.573 e. The van der Waals surface area contributed by atoms with Crippen LogP contribution in [-0.2, 0) is 0 Å². The predicted molar refractivity (Wildman–Crippen MR) is 116 cm³/mol. The lowest BCUT2D eigenvalue weighted by Crippen LogP contribution is -2.17. The van der Waals surface area contributed by atoms with Gasteiger partial charge in [-0.1, -0.05) is 43.5 Å². The highest BCUT2D eigenvalue weighted by Gasteiger charge is 2.32. The Hall–Kier alpha value is -2.47. The Morgan fingerprint density at radius 2 is 1.83 bits per heavy atom. The molecular formula is C23H24ClF3N2O. The fraction of sp³-hybridized carbons (Fsp3) is 0.348. The number of aromatic nitrogens is 2. The third kappa shape index (κ3) is 5.17. The van der Waals surface area contributed by atoms with Gasteiger partial charge in [-0.2, -0.15) is 0 Å². The molecule has 1 heterocycles. The molecule has 1 fully saturated rings. The zero-order chi connectivity index (χ0) is 20.4. The first kappa shape index (κ1) is 22.2. The van der Waals surface area contributed by atoms with E-state index in [0.29, 0.717) is 17.0 Å². The van der Waals surface area contributed by atoms with Crippen LogP contribution in [0.1, 0.15) is 43.5 Å². The third-order valence-corrected chi connectivity index (χ3v) is 5.40. The number of aryl methyl sites for hydroxylation is 1. The minimum Gasteiger partial charge on any atom is -0.405 e. The van der Waals surface area contributed by atoms with Crippen LogP contribution in [0.2, 0.25) is 0 Å². The predicted octanol–water partition coefficient (Wildman–Crippen LogP) is 7.45. The van der Waals surface area contributed by atoms with Gasteiger partial charge in [0.25, 0.3) is 0 Å². The number of nitrogens with one attached hydrogen (secondary N) is 1. The zero-order valence-corrected chi connectivity index (χ0v) is 17.4.